The van der Waals surface area contributed by atoms with Crippen LogP contribution in [0.4, 0.5) is 0 Å². The average Bonchev–Trinajstić information content (AvgIpc) is 2.73. The van der Waals surface area contributed by atoms with E-state index in [4.69, 9.17) is 4.74 Å². The molecule has 2 aliphatic rings. The van der Waals surface area contributed by atoms with Crippen LogP contribution in [0.25, 0.3) is 0 Å². The third-order valence-corrected chi connectivity index (χ3v) is 4.02. The summed E-state index contributed by atoms with van der Waals surface area (Å²) < 4.78 is 5.81. The quantitative estimate of drug-likeness (QED) is 0.574. The van der Waals surface area contributed by atoms with E-state index in [0.717, 1.165) is 24.9 Å². The van der Waals surface area contributed by atoms with E-state index < -0.39 is 0 Å². The second kappa shape index (κ2) is 6.12. The first kappa shape index (κ1) is 11.7. The monoisotopic (exact) mass is 229 g/mol. The maximum absolute atomic E-state index is 5.81. The molecule has 88 valence electrons. The number of rotatable bonds is 5. The Morgan fingerprint density at radius 1 is 1.20 bits per heavy atom. The van der Waals surface area contributed by atoms with Crippen molar-refractivity contribution in [3.8, 4) is 0 Å². The van der Waals surface area contributed by atoms with Gasteiger partial charge in [-0.25, -0.2) is 0 Å². The van der Waals surface area contributed by atoms with E-state index in [0.29, 0.717) is 6.10 Å². The van der Waals surface area contributed by atoms with E-state index in [2.05, 4.69) is 17.5 Å². The van der Waals surface area contributed by atoms with E-state index in [1.165, 1.54) is 45.1 Å². The minimum Gasteiger partial charge on any atom is -0.375 e. The summed E-state index contributed by atoms with van der Waals surface area (Å²) in [4.78, 5) is 2.67. The number of ether oxygens (including phenoxy) is 1. The fraction of sp³-hybridized carbons (Fsp3) is 1.00. The van der Waals surface area contributed by atoms with Gasteiger partial charge in [0, 0.05) is 12.6 Å². The van der Waals surface area contributed by atoms with Crippen molar-refractivity contribution in [2.24, 2.45) is 0 Å². The van der Waals surface area contributed by atoms with Crippen molar-refractivity contribution >= 4 is 12.6 Å². The molecule has 1 saturated heterocycles. The van der Waals surface area contributed by atoms with E-state index >= 15 is 0 Å². The molecular weight excluding hydrogens is 206 g/mol. The molecule has 0 N–H and O–H groups in total. The molecule has 1 saturated carbocycles. The van der Waals surface area contributed by atoms with Gasteiger partial charge in [0.05, 0.1) is 12.7 Å². The average molecular weight is 229 g/mol. The van der Waals surface area contributed by atoms with Gasteiger partial charge in [-0.3, -0.25) is 4.90 Å². The molecule has 2 unspecified atom stereocenters. The first-order chi connectivity index (χ1) is 7.42. The molecule has 3 heteroatoms. The van der Waals surface area contributed by atoms with Crippen LogP contribution >= 0.6 is 12.6 Å². The SMILES string of the molecule is SCCCCCN1CCOC2CCCC21. The predicted octanol–water partition coefficient (Wildman–Crippen LogP) is 2.34. The van der Waals surface area contributed by atoms with Crippen molar-refractivity contribution in [1.29, 1.82) is 0 Å². The number of thiol groups is 1. The smallest absolute Gasteiger partial charge is 0.0730 e. The highest BCUT2D eigenvalue weighted by Gasteiger charge is 2.35. The molecule has 0 aromatic carbocycles. The molecular formula is C12H23NOS. The summed E-state index contributed by atoms with van der Waals surface area (Å²) in [6.45, 7) is 3.38. The minimum atomic E-state index is 0.559. The van der Waals surface area contributed by atoms with Crippen molar-refractivity contribution in [3.63, 3.8) is 0 Å². The molecule has 15 heavy (non-hydrogen) atoms. The zero-order valence-electron chi connectivity index (χ0n) is 9.53. The molecule has 2 fully saturated rings. The zero-order valence-corrected chi connectivity index (χ0v) is 10.4. The van der Waals surface area contributed by atoms with Crippen LogP contribution in [0.3, 0.4) is 0 Å². The van der Waals surface area contributed by atoms with Crippen LogP contribution in [0.5, 0.6) is 0 Å². The first-order valence-electron chi connectivity index (χ1n) is 6.38. The van der Waals surface area contributed by atoms with Gasteiger partial charge in [0.15, 0.2) is 0 Å². The molecule has 0 spiro atoms. The minimum absolute atomic E-state index is 0.559. The Morgan fingerprint density at radius 2 is 2.13 bits per heavy atom. The van der Waals surface area contributed by atoms with Crippen molar-refractivity contribution in [2.75, 3.05) is 25.4 Å². The third-order valence-electron chi connectivity index (χ3n) is 3.70. The Balaban J connectivity index is 1.71. The molecule has 0 amide bonds. The fourth-order valence-corrected chi connectivity index (χ4v) is 3.11. The fourth-order valence-electron chi connectivity index (χ4n) is 2.89. The molecule has 2 atom stereocenters. The molecule has 2 nitrogen and oxygen atoms in total. The standard InChI is InChI=1S/C12H23NOS/c15-10-3-1-2-7-13-8-9-14-12-6-4-5-11(12)13/h11-12,15H,1-10H2. The van der Waals surface area contributed by atoms with Gasteiger partial charge in [-0.2, -0.15) is 12.6 Å². The number of hydrogen-bond donors (Lipinski definition) is 1. The van der Waals surface area contributed by atoms with E-state index in [9.17, 15) is 0 Å². The second-order valence-electron chi connectivity index (χ2n) is 4.73. The maximum Gasteiger partial charge on any atom is 0.0730 e. The molecule has 0 radical (unpaired) electrons. The lowest BCUT2D eigenvalue weighted by atomic mass is 10.1. The number of hydrogen-bond acceptors (Lipinski definition) is 3. The molecule has 1 heterocycles. The lowest BCUT2D eigenvalue weighted by Crippen LogP contribution is -2.48. The maximum atomic E-state index is 5.81. The summed E-state index contributed by atoms with van der Waals surface area (Å²) in [6.07, 6.45) is 8.50. The van der Waals surface area contributed by atoms with E-state index in [-0.39, 0.29) is 0 Å². The van der Waals surface area contributed by atoms with Crippen LogP contribution in [0.2, 0.25) is 0 Å². The first-order valence-corrected chi connectivity index (χ1v) is 7.01. The number of fused-ring (bicyclic) bond motifs is 1. The van der Waals surface area contributed by atoms with Gasteiger partial charge in [-0.05, 0) is 44.4 Å². The van der Waals surface area contributed by atoms with Crippen LogP contribution in [-0.2, 0) is 4.74 Å². The van der Waals surface area contributed by atoms with Gasteiger partial charge in [-0.1, -0.05) is 6.42 Å². The van der Waals surface area contributed by atoms with Crippen LogP contribution in [0.15, 0.2) is 0 Å². The molecule has 1 aliphatic heterocycles. The molecule has 0 bridgehead atoms. The Kier molecular flexibility index (Phi) is 4.79. The lowest BCUT2D eigenvalue weighted by Gasteiger charge is -2.37. The Morgan fingerprint density at radius 3 is 3.00 bits per heavy atom. The Hall–Kier alpha value is 0.270. The van der Waals surface area contributed by atoms with Gasteiger partial charge < -0.3 is 4.74 Å². The summed E-state index contributed by atoms with van der Waals surface area (Å²) >= 11 is 4.25. The van der Waals surface area contributed by atoms with Crippen molar-refractivity contribution in [2.45, 2.75) is 50.7 Å². The number of morpholine rings is 1. The highest BCUT2D eigenvalue weighted by Crippen LogP contribution is 2.29. The molecule has 0 aromatic rings. The van der Waals surface area contributed by atoms with Gasteiger partial charge in [-0.15, -0.1) is 0 Å². The largest absolute Gasteiger partial charge is 0.375 e. The molecule has 1 aliphatic carbocycles. The van der Waals surface area contributed by atoms with Gasteiger partial charge in [0.25, 0.3) is 0 Å². The summed E-state index contributed by atoms with van der Waals surface area (Å²) in [5.41, 5.74) is 0. The van der Waals surface area contributed by atoms with Gasteiger partial charge in [0.1, 0.15) is 0 Å². The molecule has 0 aromatic heterocycles. The van der Waals surface area contributed by atoms with Crippen LogP contribution in [-0.4, -0.2) is 42.5 Å². The summed E-state index contributed by atoms with van der Waals surface area (Å²) in [5, 5.41) is 0. The van der Waals surface area contributed by atoms with Crippen molar-refractivity contribution in [1.82, 2.24) is 4.90 Å². The third kappa shape index (κ3) is 3.11. The second-order valence-corrected chi connectivity index (χ2v) is 5.17. The highest BCUT2D eigenvalue weighted by atomic mass is 32.1. The van der Waals surface area contributed by atoms with Crippen LogP contribution in [0.1, 0.15) is 38.5 Å². The van der Waals surface area contributed by atoms with Crippen molar-refractivity contribution in [3.05, 3.63) is 0 Å². The van der Waals surface area contributed by atoms with E-state index in [1.54, 1.807) is 0 Å². The van der Waals surface area contributed by atoms with Crippen molar-refractivity contribution < 1.29 is 4.74 Å². The van der Waals surface area contributed by atoms with Crippen LogP contribution < -0.4 is 0 Å². The number of unbranched alkanes of at least 4 members (excludes halogenated alkanes) is 2. The molecule has 2 rings (SSSR count). The summed E-state index contributed by atoms with van der Waals surface area (Å²) in [5.74, 6) is 1.04. The highest BCUT2D eigenvalue weighted by molar-refractivity contribution is 7.80. The van der Waals surface area contributed by atoms with Gasteiger partial charge in [0.2, 0.25) is 0 Å². The summed E-state index contributed by atoms with van der Waals surface area (Å²) in [6, 6.07) is 0.745. The van der Waals surface area contributed by atoms with E-state index in [1.807, 2.05) is 0 Å². The summed E-state index contributed by atoms with van der Waals surface area (Å²) in [7, 11) is 0. The van der Waals surface area contributed by atoms with Gasteiger partial charge >= 0.3 is 0 Å². The zero-order chi connectivity index (χ0) is 10.5. The lowest BCUT2D eigenvalue weighted by molar-refractivity contribution is -0.0558. The predicted molar refractivity (Wildman–Crippen MR) is 66.7 cm³/mol. The topological polar surface area (TPSA) is 12.5 Å². The van der Waals surface area contributed by atoms with Crippen LogP contribution in [0, 0.1) is 0 Å². The number of nitrogens with zero attached hydrogens (tertiary/aromatic N) is 1. The normalized spacial score (nSPS) is 31.8. The Labute approximate surface area is 98.8 Å². The Bertz CT molecular complexity index is 188.